The lowest BCUT2D eigenvalue weighted by molar-refractivity contribution is 0.0594. The van der Waals surface area contributed by atoms with E-state index >= 15 is 0 Å². The molecule has 1 aromatic carbocycles. The average Bonchev–Trinajstić information content (AvgIpc) is 2.39. The van der Waals surface area contributed by atoms with Gasteiger partial charge in [0, 0.05) is 0 Å². The lowest BCUT2D eigenvalue weighted by Gasteiger charge is -2.23. The third-order valence-electron chi connectivity index (χ3n) is 3.44. The van der Waals surface area contributed by atoms with Crippen molar-refractivity contribution in [2.45, 2.75) is 52.0 Å². The lowest BCUT2D eigenvalue weighted by atomic mass is 9.97. The summed E-state index contributed by atoms with van der Waals surface area (Å²) in [4.78, 5) is 23.4. The van der Waals surface area contributed by atoms with Crippen LogP contribution in [-0.2, 0) is 19.7 Å². The second-order valence-corrected chi connectivity index (χ2v) is 7.79. The molecule has 0 aliphatic heterocycles. The Hall–Kier alpha value is -2.16. The summed E-state index contributed by atoms with van der Waals surface area (Å²) >= 11 is 0. The largest absolute Gasteiger partial charge is 0.465 e. The maximum Gasteiger partial charge on any atom is 0.412 e. The van der Waals surface area contributed by atoms with Crippen molar-refractivity contribution in [3.63, 3.8) is 0 Å². The second kappa shape index (κ2) is 6.99. The molecule has 0 heterocycles. The predicted octanol–water partition coefficient (Wildman–Crippen LogP) is 3.40. The number of hydrogen-bond donors (Lipinski definition) is 1. The summed E-state index contributed by atoms with van der Waals surface area (Å²) in [6.07, 6.45) is -0.861. The molecular formula is C16H22FNO6S. The second-order valence-electron chi connectivity index (χ2n) is 6.51. The number of ether oxygens (including phenoxy) is 2. The number of nitrogens with one attached hydrogen (secondary N) is 1. The highest BCUT2D eigenvalue weighted by Crippen LogP contribution is 2.35. The third kappa shape index (κ3) is 4.68. The van der Waals surface area contributed by atoms with Gasteiger partial charge in [-0.1, -0.05) is 0 Å². The number of esters is 1. The van der Waals surface area contributed by atoms with Gasteiger partial charge in [-0.2, -0.15) is 8.42 Å². The smallest absolute Gasteiger partial charge is 0.412 e. The summed E-state index contributed by atoms with van der Waals surface area (Å²) in [7, 11) is -4.02. The van der Waals surface area contributed by atoms with E-state index < -0.39 is 32.8 Å². The summed E-state index contributed by atoms with van der Waals surface area (Å²) in [5.41, 5.74) is -0.807. The maximum absolute atomic E-state index is 13.8. The van der Waals surface area contributed by atoms with Crippen LogP contribution in [0.5, 0.6) is 0 Å². The summed E-state index contributed by atoms with van der Waals surface area (Å²) in [6, 6.07) is 0. The topological polar surface area (TPSA) is 98.8 Å². The Bertz CT molecular complexity index is 824. The molecule has 0 aliphatic carbocycles. The molecule has 140 valence electrons. The first kappa shape index (κ1) is 20.9. The molecule has 0 saturated carbocycles. The first-order chi connectivity index (χ1) is 11.2. The molecule has 9 heteroatoms. The number of hydrogen-bond acceptors (Lipinski definition) is 6. The van der Waals surface area contributed by atoms with E-state index in [4.69, 9.17) is 4.74 Å². The van der Waals surface area contributed by atoms with Gasteiger partial charge in [0.25, 0.3) is 0 Å². The normalized spacial score (nSPS) is 11.8. The van der Waals surface area contributed by atoms with Crippen LogP contribution in [-0.4, -0.2) is 33.2 Å². The fourth-order valence-electron chi connectivity index (χ4n) is 2.56. The molecule has 0 radical (unpaired) electrons. The maximum atomic E-state index is 13.8. The minimum atomic E-state index is -5.14. The van der Waals surface area contributed by atoms with E-state index in [1.54, 1.807) is 20.8 Å². The van der Waals surface area contributed by atoms with Crippen molar-refractivity contribution in [2.24, 2.45) is 0 Å². The number of rotatable bonds is 3. The van der Waals surface area contributed by atoms with Gasteiger partial charge in [0.2, 0.25) is 0 Å². The molecule has 25 heavy (non-hydrogen) atoms. The Morgan fingerprint density at radius 2 is 1.56 bits per heavy atom. The summed E-state index contributed by atoms with van der Waals surface area (Å²) in [6.45, 7) is 9.08. The van der Waals surface area contributed by atoms with Gasteiger partial charge in [-0.05, 0) is 58.2 Å². The molecule has 1 aromatic rings. The van der Waals surface area contributed by atoms with Crippen molar-refractivity contribution in [3.8, 4) is 0 Å². The molecule has 1 amide bonds. The van der Waals surface area contributed by atoms with E-state index in [0.717, 1.165) is 7.11 Å². The molecule has 0 unspecified atom stereocenters. The van der Waals surface area contributed by atoms with E-state index in [9.17, 15) is 21.9 Å². The van der Waals surface area contributed by atoms with Gasteiger partial charge in [-0.15, -0.1) is 3.89 Å². The van der Waals surface area contributed by atoms with E-state index in [-0.39, 0.29) is 27.9 Å². The molecule has 0 atom stereocenters. The highest BCUT2D eigenvalue weighted by atomic mass is 32.3. The zero-order chi connectivity index (χ0) is 19.7. The first-order valence-electron chi connectivity index (χ1n) is 7.37. The molecule has 0 saturated heterocycles. The number of methoxy groups -OCH3 is 1. The fraction of sp³-hybridized carbons (Fsp3) is 0.500. The Morgan fingerprint density at radius 3 is 1.96 bits per heavy atom. The van der Waals surface area contributed by atoms with Crippen molar-refractivity contribution in [3.05, 3.63) is 22.3 Å². The molecule has 7 nitrogen and oxygen atoms in total. The van der Waals surface area contributed by atoms with Gasteiger partial charge in [-0.25, -0.2) is 9.59 Å². The summed E-state index contributed by atoms with van der Waals surface area (Å²) < 4.78 is 46.7. The van der Waals surface area contributed by atoms with Crippen LogP contribution in [0.25, 0.3) is 0 Å². The zero-order valence-corrected chi connectivity index (χ0v) is 16.1. The van der Waals surface area contributed by atoms with E-state index in [0.29, 0.717) is 0 Å². The van der Waals surface area contributed by atoms with E-state index in [1.165, 1.54) is 20.8 Å². The Kier molecular flexibility index (Phi) is 5.84. The number of anilines is 1. The Labute approximate surface area is 146 Å². The fourth-order valence-corrected chi connectivity index (χ4v) is 3.50. The van der Waals surface area contributed by atoms with Crippen LogP contribution < -0.4 is 5.32 Å². The van der Waals surface area contributed by atoms with Crippen LogP contribution >= 0.6 is 0 Å². The number of amides is 1. The quantitative estimate of drug-likeness (QED) is 0.642. The van der Waals surface area contributed by atoms with Gasteiger partial charge < -0.3 is 9.47 Å². The zero-order valence-electron chi connectivity index (χ0n) is 15.2. The highest BCUT2D eigenvalue weighted by Gasteiger charge is 2.30. The first-order valence-corrected chi connectivity index (χ1v) is 8.75. The minimum absolute atomic E-state index is 0.0172. The van der Waals surface area contributed by atoms with Gasteiger partial charge in [0.15, 0.2) is 0 Å². The SMILES string of the molecule is COC(=O)c1c(C)c(NC(=O)OC(C)(C)C)c(C)c(S(=O)(=O)F)c1C. The van der Waals surface area contributed by atoms with Crippen LogP contribution in [0, 0.1) is 20.8 Å². The van der Waals surface area contributed by atoms with Gasteiger partial charge in [0.1, 0.15) is 10.5 Å². The van der Waals surface area contributed by atoms with Crippen molar-refractivity contribution >= 4 is 28.0 Å². The predicted molar refractivity (Wildman–Crippen MR) is 90.1 cm³/mol. The van der Waals surface area contributed by atoms with Crippen LogP contribution in [0.3, 0.4) is 0 Å². The highest BCUT2D eigenvalue weighted by molar-refractivity contribution is 7.86. The van der Waals surface area contributed by atoms with Crippen LogP contribution in [0.2, 0.25) is 0 Å². The van der Waals surface area contributed by atoms with E-state index in [2.05, 4.69) is 10.1 Å². The number of halogens is 1. The minimum Gasteiger partial charge on any atom is -0.465 e. The van der Waals surface area contributed by atoms with Crippen LogP contribution in [0.4, 0.5) is 14.4 Å². The molecule has 1 N–H and O–H groups in total. The van der Waals surface area contributed by atoms with Crippen molar-refractivity contribution in [1.29, 1.82) is 0 Å². The number of carbonyl (C=O) groups is 2. The molecular weight excluding hydrogens is 353 g/mol. The Morgan fingerprint density at radius 1 is 1.04 bits per heavy atom. The third-order valence-corrected chi connectivity index (χ3v) is 4.54. The van der Waals surface area contributed by atoms with Crippen LogP contribution in [0.15, 0.2) is 4.90 Å². The van der Waals surface area contributed by atoms with E-state index in [1.807, 2.05) is 0 Å². The standard InChI is InChI=1S/C16H22FNO6S/c1-8-11(14(19)23-7)9(2)13(25(17,21)22)10(3)12(8)18-15(20)24-16(4,5)6/h1-7H3,(H,18,20). The molecule has 0 aromatic heterocycles. The molecule has 0 bridgehead atoms. The van der Waals surface area contributed by atoms with Crippen molar-refractivity contribution < 1.29 is 31.4 Å². The van der Waals surface area contributed by atoms with Gasteiger partial charge >= 0.3 is 22.3 Å². The summed E-state index contributed by atoms with van der Waals surface area (Å²) in [5.74, 6) is -0.841. The number of carbonyl (C=O) groups excluding carboxylic acids is 2. The van der Waals surface area contributed by atoms with Crippen molar-refractivity contribution in [1.82, 2.24) is 0 Å². The molecule has 0 aliphatic rings. The van der Waals surface area contributed by atoms with Crippen molar-refractivity contribution in [2.75, 3.05) is 12.4 Å². The average molecular weight is 375 g/mol. The molecule has 1 rings (SSSR count). The van der Waals surface area contributed by atoms with Crippen LogP contribution in [0.1, 0.15) is 47.8 Å². The van der Waals surface area contributed by atoms with Gasteiger partial charge in [0.05, 0.1) is 18.4 Å². The molecule has 0 fully saturated rings. The van der Waals surface area contributed by atoms with Gasteiger partial charge in [-0.3, -0.25) is 5.32 Å². The molecule has 0 spiro atoms. The lowest BCUT2D eigenvalue weighted by Crippen LogP contribution is -2.28. The Balaban J connectivity index is 3.68. The number of benzene rings is 1. The summed E-state index contributed by atoms with van der Waals surface area (Å²) in [5, 5.41) is 2.39. The monoisotopic (exact) mass is 375 g/mol.